The summed E-state index contributed by atoms with van der Waals surface area (Å²) < 4.78 is 0. The van der Waals surface area contributed by atoms with Crippen molar-refractivity contribution in [3.05, 3.63) is 29.8 Å². The second-order valence-corrected chi connectivity index (χ2v) is 2.73. The molecule has 11 heavy (non-hydrogen) atoms. The number of likely N-dealkylation sites (N-methyl/N-ethyl adjacent to an activating group) is 1. The molecule has 1 aliphatic rings. The number of fused-ring (bicyclic) bond motifs is 1. The number of rotatable bonds is 0. The first-order valence-electron chi connectivity index (χ1n) is 3.58. The Kier molecular flexibility index (Phi) is 3.09. The van der Waals surface area contributed by atoms with Gasteiger partial charge in [-0.15, -0.1) is 5.56 Å². The standard InChI is InChI=1S/C9H10N.Y/c1-10-7-6-8-4-2-3-5-9(8)10;/h2,4-5H,6-7H2,1H3;/q-1;. The summed E-state index contributed by atoms with van der Waals surface area (Å²) in [6, 6.07) is 9.28. The minimum absolute atomic E-state index is 0. The fourth-order valence-electron chi connectivity index (χ4n) is 1.43. The summed E-state index contributed by atoms with van der Waals surface area (Å²) in [6.45, 7) is 1.16. The first-order valence-corrected chi connectivity index (χ1v) is 3.58. The fourth-order valence-corrected chi connectivity index (χ4v) is 1.43. The Morgan fingerprint density at radius 1 is 1.55 bits per heavy atom. The van der Waals surface area contributed by atoms with Crippen LogP contribution in [0.2, 0.25) is 0 Å². The van der Waals surface area contributed by atoms with Crippen molar-refractivity contribution in [2.75, 3.05) is 18.5 Å². The van der Waals surface area contributed by atoms with Gasteiger partial charge in [0.25, 0.3) is 0 Å². The number of hydrogen-bond donors (Lipinski definition) is 0. The molecule has 0 fully saturated rings. The van der Waals surface area contributed by atoms with E-state index in [-0.39, 0.29) is 32.7 Å². The average molecular weight is 221 g/mol. The predicted octanol–water partition coefficient (Wildman–Crippen LogP) is 1.48. The minimum atomic E-state index is 0. The Labute approximate surface area is 92.7 Å². The largest absolute Gasteiger partial charge is 0.426 e. The van der Waals surface area contributed by atoms with Gasteiger partial charge in [0.1, 0.15) is 0 Å². The second-order valence-electron chi connectivity index (χ2n) is 2.73. The number of nitrogens with zero attached hydrogens (tertiary/aromatic N) is 1. The van der Waals surface area contributed by atoms with E-state index in [4.69, 9.17) is 0 Å². The molecule has 0 saturated carbocycles. The smallest absolute Gasteiger partial charge is 0.00785 e. The van der Waals surface area contributed by atoms with Crippen molar-refractivity contribution in [2.45, 2.75) is 6.42 Å². The van der Waals surface area contributed by atoms with Gasteiger partial charge in [-0.1, -0.05) is 5.69 Å². The van der Waals surface area contributed by atoms with Gasteiger partial charge in [-0.2, -0.15) is 24.3 Å². The third-order valence-electron chi connectivity index (χ3n) is 2.06. The van der Waals surface area contributed by atoms with E-state index in [2.05, 4.69) is 30.1 Å². The molecule has 0 N–H and O–H groups in total. The zero-order valence-corrected chi connectivity index (χ0v) is 9.51. The Hall–Kier alpha value is 0.124. The Morgan fingerprint density at radius 2 is 2.36 bits per heavy atom. The zero-order valence-electron chi connectivity index (χ0n) is 6.67. The maximum absolute atomic E-state index is 3.08. The van der Waals surface area contributed by atoms with E-state index < -0.39 is 0 Å². The van der Waals surface area contributed by atoms with E-state index in [1.807, 2.05) is 6.07 Å². The first kappa shape index (κ1) is 9.21. The maximum Gasteiger partial charge on any atom is 0.00785 e. The van der Waals surface area contributed by atoms with Crippen LogP contribution in [0.15, 0.2) is 18.2 Å². The van der Waals surface area contributed by atoms with E-state index in [1.54, 1.807) is 0 Å². The van der Waals surface area contributed by atoms with Gasteiger partial charge < -0.3 is 4.90 Å². The molecule has 1 radical (unpaired) electrons. The van der Waals surface area contributed by atoms with Gasteiger partial charge in [0.15, 0.2) is 0 Å². The molecular weight excluding hydrogens is 211 g/mol. The number of benzene rings is 1. The molecule has 0 spiro atoms. The predicted molar refractivity (Wildman–Crippen MR) is 42.3 cm³/mol. The monoisotopic (exact) mass is 221 g/mol. The van der Waals surface area contributed by atoms with Crippen LogP contribution in [-0.4, -0.2) is 13.6 Å². The molecule has 1 aromatic carbocycles. The van der Waals surface area contributed by atoms with Gasteiger partial charge in [-0.3, -0.25) is 0 Å². The van der Waals surface area contributed by atoms with Gasteiger partial charge in [-0.05, 0) is 13.5 Å². The summed E-state index contributed by atoms with van der Waals surface area (Å²) in [4.78, 5) is 2.27. The molecule has 1 aliphatic heterocycles. The van der Waals surface area contributed by atoms with Crippen molar-refractivity contribution in [1.29, 1.82) is 0 Å². The first-order chi connectivity index (χ1) is 4.88. The zero-order chi connectivity index (χ0) is 6.97. The van der Waals surface area contributed by atoms with Crippen LogP contribution >= 0.6 is 0 Å². The summed E-state index contributed by atoms with van der Waals surface area (Å²) >= 11 is 0. The summed E-state index contributed by atoms with van der Waals surface area (Å²) in [5.74, 6) is 0. The molecule has 0 unspecified atom stereocenters. The molecule has 1 nitrogen and oxygen atoms in total. The van der Waals surface area contributed by atoms with Gasteiger partial charge in [0.2, 0.25) is 0 Å². The summed E-state index contributed by atoms with van der Waals surface area (Å²) in [5.41, 5.74) is 2.81. The Balaban J connectivity index is 0.000000605. The van der Waals surface area contributed by atoms with Crippen LogP contribution in [0.3, 0.4) is 0 Å². The molecule has 55 valence electrons. The molecule has 0 saturated heterocycles. The van der Waals surface area contributed by atoms with Crippen LogP contribution in [0.4, 0.5) is 5.69 Å². The van der Waals surface area contributed by atoms with Gasteiger partial charge in [-0.25, -0.2) is 0 Å². The minimum Gasteiger partial charge on any atom is -0.426 e. The van der Waals surface area contributed by atoms with Crippen molar-refractivity contribution >= 4 is 5.69 Å². The number of hydrogen-bond acceptors (Lipinski definition) is 1. The van der Waals surface area contributed by atoms with Crippen LogP contribution in [0.5, 0.6) is 0 Å². The quantitative estimate of drug-likeness (QED) is 0.600. The molecule has 0 amide bonds. The number of anilines is 1. The summed E-state index contributed by atoms with van der Waals surface area (Å²) in [6.07, 6.45) is 1.19. The van der Waals surface area contributed by atoms with E-state index in [1.165, 1.54) is 17.7 Å². The van der Waals surface area contributed by atoms with E-state index in [0.717, 1.165) is 6.54 Å². The molecule has 0 bridgehead atoms. The van der Waals surface area contributed by atoms with Crippen LogP contribution in [0.1, 0.15) is 5.56 Å². The third-order valence-corrected chi connectivity index (χ3v) is 2.06. The third kappa shape index (κ3) is 1.65. The maximum atomic E-state index is 3.08. The Morgan fingerprint density at radius 3 is 3.09 bits per heavy atom. The molecule has 0 atom stereocenters. The van der Waals surface area contributed by atoms with Gasteiger partial charge >= 0.3 is 0 Å². The van der Waals surface area contributed by atoms with Crippen molar-refractivity contribution in [3.8, 4) is 0 Å². The second kappa shape index (κ2) is 3.68. The van der Waals surface area contributed by atoms with Crippen LogP contribution in [0.25, 0.3) is 0 Å². The van der Waals surface area contributed by atoms with Crippen LogP contribution in [-0.2, 0) is 39.1 Å². The van der Waals surface area contributed by atoms with Crippen molar-refractivity contribution in [3.63, 3.8) is 0 Å². The normalized spacial score (nSPS) is 14.1. The van der Waals surface area contributed by atoms with E-state index in [0.29, 0.717) is 0 Å². The fraction of sp³-hybridized carbons (Fsp3) is 0.333. The molecule has 2 heteroatoms. The van der Waals surface area contributed by atoms with Crippen LogP contribution in [0, 0.1) is 6.07 Å². The SMILES string of the molecule is CN1CCc2cc[c-]cc21.[Y]. The average Bonchev–Trinajstić information content (AvgIpc) is 2.34. The topological polar surface area (TPSA) is 3.24 Å². The summed E-state index contributed by atoms with van der Waals surface area (Å²) in [7, 11) is 2.12. The van der Waals surface area contributed by atoms with Gasteiger partial charge in [0.05, 0.1) is 0 Å². The molecule has 0 aliphatic carbocycles. The molecular formula is C9H10NY-. The van der Waals surface area contributed by atoms with Crippen molar-refractivity contribution < 1.29 is 32.7 Å². The molecule has 0 aromatic heterocycles. The van der Waals surface area contributed by atoms with E-state index in [9.17, 15) is 0 Å². The summed E-state index contributed by atoms with van der Waals surface area (Å²) in [5, 5.41) is 0. The van der Waals surface area contributed by atoms with Crippen molar-refractivity contribution in [2.24, 2.45) is 0 Å². The van der Waals surface area contributed by atoms with Crippen molar-refractivity contribution in [1.82, 2.24) is 0 Å². The molecule has 2 rings (SSSR count). The molecule has 1 aromatic rings. The molecule has 1 heterocycles. The Bertz CT molecular complexity index is 247. The van der Waals surface area contributed by atoms with Gasteiger partial charge in [0, 0.05) is 39.3 Å². The van der Waals surface area contributed by atoms with E-state index >= 15 is 0 Å². The van der Waals surface area contributed by atoms with Crippen LogP contribution < -0.4 is 4.90 Å².